The SMILES string of the molecule is Cc1nn(CC(C)C(=O)NCCCn2nc(C)c(Br)c2C)c(C)c1Cl. The number of halogens is 2. The number of nitrogens with zero attached hydrogens (tertiary/aromatic N) is 4. The predicted octanol–water partition coefficient (Wildman–Crippen LogP) is 3.57. The van der Waals surface area contributed by atoms with Crippen LogP contribution in [0.4, 0.5) is 0 Å². The van der Waals surface area contributed by atoms with Gasteiger partial charge in [0.15, 0.2) is 0 Å². The van der Waals surface area contributed by atoms with Gasteiger partial charge in [0.05, 0.1) is 39.0 Å². The minimum absolute atomic E-state index is 0.0261. The monoisotopic (exact) mass is 429 g/mol. The molecule has 1 atom stereocenters. The molecule has 1 N–H and O–H groups in total. The molecule has 0 fully saturated rings. The summed E-state index contributed by atoms with van der Waals surface area (Å²) in [5, 5.41) is 12.5. The fraction of sp³-hybridized carbons (Fsp3) is 0.588. The zero-order chi connectivity index (χ0) is 18.7. The van der Waals surface area contributed by atoms with Gasteiger partial charge in [-0.15, -0.1) is 0 Å². The van der Waals surface area contributed by atoms with E-state index in [2.05, 4.69) is 31.4 Å². The molecule has 0 saturated carbocycles. The van der Waals surface area contributed by atoms with Crippen LogP contribution in [0, 0.1) is 33.6 Å². The maximum Gasteiger partial charge on any atom is 0.224 e. The molecule has 2 aromatic heterocycles. The molecule has 0 radical (unpaired) electrons. The molecule has 0 spiro atoms. The summed E-state index contributed by atoms with van der Waals surface area (Å²) in [6, 6.07) is 0. The Morgan fingerprint density at radius 1 is 1.16 bits per heavy atom. The van der Waals surface area contributed by atoms with E-state index in [0.29, 0.717) is 18.1 Å². The van der Waals surface area contributed by atoms with Crippen molar-refractivity contribution in [1.82, 2.24) is 24.9 Å². The van der Waals surface area contributed by atoms with Gasteiger partial charge in [-0.3, -0.25) is 14.2 Å². The van der Waals surface area contributed by atoms with Gasteiger partial charge in [0.1, 0.15) is 0 Å². The predicted molar refractivity (Wildman–Crippen MR) is 103 cm³/mol. The van der Waals surface area contributed by atoms with Gasteiger partial charge in [-0.2, -0.15) is 10.2 Å². The highest BCUT2D eigenvalue weighted by Crippen LogP contribution is 2.20. The third-order valence-corrected chi connectivity index (χ3v) is 6.02. The number of carbonyl (C=O) groups excluding carboxylic acids is 1. The maximum absolute atomic E-state index is 12.3. The molecule has 138 valence electrons. The lowest BCUT2D eigenvalue weighted by molar-refractivity contribution is -0.124. The number of amides is 1. The van der Waals surface area contributed by atoms with Crippen LogP contribution in [-0.4, -0.2) is 32.0 Å². The van der Waals surface area contributed by atoms with E-state index in [9.17, 15) is 4.79 Å². The van der Waals surface area contributed by atoms with Gasteiger partial charge in [0, 0.05) is 18.8 Å². The van der Waals surface area contributed by atoms with Crippen LogP contribution in [0.5, 0.6) is 0 Å². The Hall–Kier alpha value is -1.34. The standard InChI is InChI=1S/C17H25BrClN5O/c1-10(9-24-14(5)16(19)12(3)22-24)17(25)20-7-6-8-23-13(4)15(18)11(2)21-23/h10H,6-9H2,1-5H3,(H,20,25). The molecule has 0 aliphatic rings. The Balaban J connectivity index is 1.79. The van der Waals surface area contributed by atoms with E-state index in [4.69, 9.17) is 11.6 Å². The lowest BCUT2D eigenvalue weighted by atomic mass is 10.1. The number of nitrogens with one attached hydrogen (secondary N) is 1. The van der Waals surface area contributed by atoms with Crippen molar-refractivity contribution in [2.75, 3.05) is 6.54 Å². The molecule has 6 nitrogen and oxygen atoms in total. The zero-order valence-electron chi connectivity index (χ0n) is 15.4. The second kappa shape index (κ2) is 8.36. The molecule has 2 heterocycles. The smallest absolute Gasteiger partial charge is 0.224 e. The maximum atomic E-state index is 12.3. The second-order valence-corrected chi connectivity index (χ2v) is 7.59. The first-order valence-electron chi connectivity index (χ1n) is 8.39. The third kappa shape index (κ3) is 4.64. The van der Waals surface area contributed by atoms with Crippen molar-refractivity contribution in [3.8, 4) is 0 Å². The molecule has 0 saturated heterocycles. The van der Waals surface area contributed by atoms with Crippen molar-refractivity contribution in [1.29, 1.82) is 0 Å². The zero-order valence-corrected chi connectivity index (χ0v) is 17.7. The molecule has 2 aromatic rings. The van der Waals surface area contributed by atoms with Crippen LogP contribution >= 0.6 is 27.5 Å². The van der Waals surface area contributed by atoms with Gasteiger partial charge in [-0.05, 0) is 50.0 Å². The minimum Gasteiger partial charge on any atom is -0.356 e. The van der Waals surface area contributed by atoms with E-state index in [1.54, 1.807) is 4.68 Å². The lowest BCUT2D eigenvalue weighted by Crippen LogP contribution is -2.33. The second-order valence-electron chi connectivity index (χ2n) is 6.42. The average molecular weight is 431 g/mol. The summed E-state index contributed by atoms with van der Waals surface area (Å²) in [5.74, 6) is -0.143. The fourth-order valence-corrected chi connectivity index (χ4v) is 3.12. The summed E-state index contributed by atoms with van der Waals surface area (Å²) in [7, 11) is 0. The normalized spacial score (nSPS) is 12.4. The summed E-state index contributed by atoms with van der Waals surface area (Å²) in [6.45, 7) is 11.6. The summed E-state index contributed by atoms with van der Waals surface area (Å²) in [5.41, 5.74) is 3.79. The summed E-state index contributed by atoms with van der Waals surface area (Å²) in [6.07, 6.45) is 0.832. The van der Waals surface area contributed by atoms with Gasteiger partial charge < -0.3 is 5.32 Å². The van der Waals surface area contributed by atoms with Gasteiger partial charge in [0.25, 0.3) is 0 Å². The topological polar surface area (TPSA) is 64.7 Å². The Kier molecular flexibility index (Phi) is 6.68. The van der Waals surface area contributed by atoms with Crippen molar-refractivity contribution in [3.05, 3.63) is 32.3 Å². The fourth-order valence-electron chi connectivity index (χ4n) is 2.70. The Labute approximate surface area is 162 Å². The minimum atomic E-state index is -0.170. The van der Waals surface area contributed by atoms with E-state index < -0.39 is 0 Å². The van der Waals surface area contributed by atoms with Crippen LogP contribution in [0.3, 0.4) is 0 Å². The Bertz CT molecular complexity index is 768. The van der Waals surface area contributed by atoms with Gasteiger partial charge >= 0.3 is 0 Å². The average Bonchev–Trinajstić information content (AvgIpc) is 2.96. The van der Waals surface area contributed by atoms with E-state index in [1.807, 2.05) is 39.3 Å². The number of hydrogen-bond acceptors (Lipinski definition) is 3. The van der Waals surface area contributed by atoms with Crippen LogP contribution in [0.2, 0.25) is 5.02 Å². The number of aryl methyl sites for hydroxylation is 3. The summed E-state index contributed by atoms with van der Waals surface area (Å²) >= 11 is 9.68. The molecule has 0 aliphatic carbocycles. The number of aromatic nitrogens is 4. The lowest BCUT2D eigenvalue weighted by Gasteiger charge is -2.13. The molecule has 0 bridgehead atoms. The van der Waals surface area contributed by atoms with Crippen LogP contribution in [-0.2, 0) is 17.9 Å². The van der Waals surface area contributed by atoms with Crippen molar-refractivity contribution >= 4 is 33.4 Å². The van der Waals surface area contributed by atoms with Crippen LogP contribution in [0.15, 0.2) is 4.47 Å². The highest BCUT2D eigenvalue weighted by Gasteiger charge is 2.17. The molecule has 1 amide bonds. The Morgan fingerprint density at radius 3 is 2.32 bits per heavy atom. The highest BCUT2D eigenvalue weighted by atomic mass is 79.9. The van der Waals surface area contributed by atoms with Crippen molar-refractivity contribution in [2.45, 2.75) is 54.1 Å². The van der Waals surface area contributed by atoms with E-state index in [0.717, 1.165) is 40.2 Å². The van der Waals surface area contributed by atoms with Crippen LogP contribution in [0.1, 0.15) is 36.1 Å². The summed E-state index contributed by atoms with van der Waals surface area (Å²) < 4.78 is 4.82. The molecular formula is C17H25BrClN5O. The first-order chi connectivity index (χ1) is 11.7. The molecule has 25 heavy (non-hydrogen) atoms. The number of rotatable bonds is 7. The first kappa shape index (κ1) is 20.0. The molecular weight excluding hydrogens is 406 g/mol. The van der Waals surface area contributed by atoms with E-state index in [-0.39, 0.29) is 11.8 Å². The molecule has 0 aliphatic heterocycles. The summed E-state index contributed by atoms with van der Waals surface area (Å²) in [4.78, 5) is 12.3. The van der Waals surface area contributed by atoms with E-state index >= 15 is 0 Å². The quantitative estimate of drug-likeness (QED) is 0.683. The third-order valence-electron chi connectivity index (χ3n) is 4.33. The van der Waals surface area contributed by atoms with Gasteiger partial charge in [0.2, 0.25) is 5.91 Å². The van der Waals surface area contributed by atoms with Crippen molar-refractivity contribution in [3.63, 3.8) is 0 Å². The first-order valence-corrected chi connectivity index (χ1v) is 9.56. The molecule has 2 rings (SSSR count). The van der Waals surface area contributed by atoms with Gasteiger partial charge in [-0.25, -0.2) is 0 Å². The van der Waals surface area contributed by atoms with Crippen molar-refractivity contribution in [2.24, 2.45) is 5.92 Å². The Morgan fingerprint density at radius 2 is 1.80 bits per heavy atom. The van der Waals surface area contributed by atoms with E-state index in [1.165, 1.54) is 0 Å². The van der Waals surface area contributed by atoms with Crippen molar-refractivity contribution < 1.29 is 4.79 Å². The number of hydrogen-bond donors (Lipinski definition) is 1. The largest absolute Gasteiger partial charge is 0.356 e. The van der Waals surface area contributed by atoms with Gasteiger partial charge in [-0.1, -0.05) is 18.5 Å². The van der Waals surface area contributed by atoms with Crippen LogP contribution in [0.25, 0.3) is 0 Å². The molecule has 8 heteroatoms. The number of carbonyl (C=O) groups is 1. The molecule has 0 aromatic carbocycles. The van der Waals surface area contributed by atoms with Crippen LogP contribution < -0.4 is 5.32 Å². The molecule has 1 unspecified atom stereocenters. The highest BCUT2D eigenvalue weighted by molar-refractivity contribution is 9.10.